The Morgan fingerprint density at radius 1 is 0.857 bits per heavy atom. The molecule has 0 atom stereocenters. The topological polar surface area (TPSA) is 39.8 Å². The maximum Gasteiger partial charge on any atom is 0 e. The summed E-state index contributed by atoms with van der Waals surface area (Å²) in [5, 5.41) is 0. The summed E-state index contributed by atoms with van der Waals surface area (Å²) in [6.45, 7) is 14.2. The van der Waals surface area contributed by atoms with Gasteiger partial charge in [-0.3, -0.25) is 0 Å². The fourth-order valence-corrected chi connectivity index (χ4v) is 0.385. The van der Waals surface area contributed by atoms with Crippen LogP contribution in [-0.2, 0) is 26.4 Å². The first-order chi connectivity index (χ1) is 6.41. The molecule has 0 aliphatic carbocycles. The first kappa shape index (κ1) is 23.1. The van der Waals surface area contributed by atoms with E-state index in [-0.39, 0.29) is 17.1 Å². The molecule has 1 radical (unpaired) electrons. The summed E-state index contributed by atoms with van der Waals surface area (Å²) in [6.07, 6.45) is 1.75. The molecule has 2 nitrogen and oxygen atoms in total. The van der Waals surface area contributed by atoms with Crippen molar-refractivity contribution in [1.82, 2.24) is 0 Å². The van der Waals surface area contributed by atoms with Gasteiger partial charge < -0.3 is 0 Å². The van der Waals surface area contributed by atoms with Crippen LogP contribution >= 0.6 is 0 Å². The van der Waals surface area contributed by atoms with Crippen molar-refractivity contribution in [3.8, 4) is 0 Å². The number of hydrogen-bond acceptors (Lipinski definition) is 0. The maximum atomic E-state index is 7.50. The minimum Gasteiger partial charge on any atom is -0.0623 e. The van der Waals surface area contributed by atoms with Crippen molar-refractivity contribution < 1.29 is 26.4 Å². The average molecular weight is 231 g/mol. The van der Waals surface area contributed by atoms with Crippen LogP contribution in [0.4, 0.5) is 0 Å². The van der Waals surface area contributed by atoms with E-state index in [1.807, 2.05) is 43.3 Å². The van der Waals surface area contributed by atoms with E-state index in [0.29, 0.717) is 0 Å². The molecule has 1 aromatic rings. The van der Waals surface area contributed by atoms with Gasteiger partial charge in [0, 0.05) is 17.1 Å². The van der Waals surface area contributed by atoms with Crippen molar-refractivity contribution in [2.75, 3.05) is 0 Å². The Kier molecular flexibility index (Phi) is 66.7. The molecule has 0 unspecified atom stereocenters. The first-order valence-electron chi connectivity index (χ1n) is 3.39. The van der Waals surface area contributed by atoms with E-state index in [1.165, 1.54) is 0 Å². The second-order valence-corrected chi connectivity index (χ2v) is 1.56. The van der Waals surface area contributed by atoms with E-state index in [1.54, 1.807) is 6.08 Å². The molecule has 0 saturated heterocycles. The van der Waals surface area contributed by atoms with E-state index in [2.05, 4.69) is 19.9 Å². The van der Waals surface area contributed by atoms with Gasteiger partial charge in [-0.2, -0.15) is 0 Å². The largest absolute Gasteiger partial charge is 0.0623 e. The van der Waals surface area contributed by atoms with Gasteiger partial charge in [0.2, 0.25) is 0 Å². The third-order valence-corrected chi connectivity index (χ3v) is 0.667. The minimum absolute atomic E-state index is 0. The van der Waals surface area contributed by atoms with Crippen molar-refractivity contribution in [3.63, 3.8) is 0 Å². The number of allylic oxidation sites excluding steroid dienone is 1. The quantitative estimate of drug-likeness (QED) is 0.285. The summed E-state index contributed by atoms with van der Waals surface area (Å²) < 4.78 is 15.0. The smallest absolute Gasteiger partial charge is 0 e. The number of benzene rings is 1. The van der Waals surface area contributed by atoms with Gasteiger partial charge in [0.25, 0.3) is 0 Å². The molecule has 14 heavy (non-hydrogen) atoms. The van der Waals surface area contributed by atoms with Crippen LogP contribution in [0.2, 0.25) is 0 Å². The third-order valence-electron chi connectivity index (χ3n) is 0.667. The molecule has 75 valence electrons. The van der Waals surface area contributed by atoms with Gasteiger partial charge in [-0.1, -0.05) is 42.5 Å². The summed E-state index contributed by atoms with van der Waals surface area (Å²) in [7, 11) is 0. The van der Waals surface area contributed by atoms with Gasteiger partial charge in [0.1, 0.15) is 0 Å². The Hall–Kier alpha value is -1.04. The fraction of sp³-hybridized carbons (Fsp3) is 0.0909. The monoisotopic (exact) mass is 231 g/mol. The predicted molar refractivity (Wildman–Crippen MR) is 50.2 cm³/mol. The van der Waals surface area contributed by atoms with Crippen LogP contribution in [0.15, 0.2) is 49.1 Å². The zero-order chi connectivity index (χ0) is 10.9. The molecular formula is C11H12MnO2. The molecule has 0 spiro atoms. The minimum atomic E-state index is 0. The SMILES string of the molecule is C=CC.[C-]#[O+].[C-]#[O+].[Mn].c1ccccc1. The summed E-state index contributed by atoms with van der Waals surface area (Å²) in [4.78, 5) is 0. The molecule has 0 bridgehead atoms. The van der Waals surface area contributed by atoms with Crippen LogP contribution < -0.4 is 0 Å². The number of rotatable bonds is 0. The molecular weight excluding hydrogens is 219 g/mol. The van der Waals surface area contributed by atoms with E-state index in [0.717, 1.165) is 0 Å². The Balaban J connectivity index is -0.0000000549. The molecule has 0 aliphatic rings. The van der Waals surface area contributed by atoms with Crippen LogP contribution in [0.3, 0.4) is 0 Å². The Morgan fingerprint density at radius 3 is 1.00 bits per heavy atom. The zero-order valence-corrected chi connectivity index (χ0v) is 9.12. The van der Waals surface area contributed by atoms with Gasteiger partial charge >= 0.3 is 22.6 Å². The molecule has 3 heteroatoms. The van der Waals surface area contributed by atoms with E-state index < -0.39 is 0 Å². The van der Waals surface area contributed by atoms with Crippen molar-refractivity contribution >= 4 is 0 Å². The van der Waals surface area contributed by atoms with E-state index >= 15 is 0 Å². The summed E-state index contributed by atoms with van der Waals surface area (Å²) >= 11 is 0. The van der Waals surface area contributed by atoms with E-state index in [4.69, 9.17) is 9.30 Å². The molecule has 0 aliphatic heterocycles. The summed E-state index contributed by atoms with van der Waals surface area (Å²) in [6, 6.07) is 12.0. The van der Waals surface area contributed by atoms with Gasteiger partial charge in [-0.15, -0.1) is 6.58 Å². The Bertz CT molecular complexity index is 172. The second kappa shape index (κ2) is 40.4. The molecule has 0 heterocycles. The zero-order valence-electron chi connectivity index (χ0n) is 7.94. The number of hydrogen-bond donors (Lipinski definition) is 0. The summed E-state index contributed by atoms with van der Waals surface area (Å²) in [5.74, 6) is 0. The maximum absolute atomic E-state index is 7.50. The predicted octanol–water partition coefficient (Wildman–Crippen LogP) is 2.80. The van der Waals surface area contributed by atoms with Crippen molar-refractivity contribution in [3.05, 3.63) is 62.4 Å². The second-order valence-electron chi connectivity index (χ2n) is 1.56. The van der Waals surface area contributed by atoms with E-state index in [9.17, 15) is 0 Å². The van der Waals surface area contributed by atoms with Crippen LogP contribution in [0, 0.1) is 13.3 Å². The van der Waals surface area contributed by atoms with Crippen LogP contribution in [-0.4, -0.2) is 0 Å². The van der Waals surface area contributed by atoms with Crippen molar-refractivity contribution in [1.29, 1.82) is 0 Å². The van der Waals surface area contributed by atoms with Gasteiger partial charge in [0.15, 0.2) is 0 Å². The molecule has 0 N–H and O–H groups in total. The van der Waals surface area contributed by atoms with Gasteiger partial charge in [-0.25, -0.2) is 0 Å². The molecule has 0 amide bonds. The van der Waals surface area contributed by atoms with Crippen LogP contribution in [0.1, 0.15) is 6.92 Å². The van der Waals surface area contributed by atoms with Gasteiger partial charge in [-0.05, 0) is 6.92 Å². The third kappa shape index (κ3) is 44.2. The Labute approximate surface area is 95.9 Å². The van der Waals surface area contributed by atoms with Crippen molar-refractivity contribution in [2.24, 2.45) is 0 Å². The van der Waals surface area contributed by atoms with Crippen molar-refractivity contribution in [2.45, 2.75) is 6.92 Å². The molecule has 0 saturated carbocycles. The average Bonchev–Trinajstić information content (AvgIpc) is 2.27. The Morgan fingerprint density at radius 2 is 0.929 bits per heavy atom. The molecule has 0 fully saturated rings. The molecule has 1 rings (SSSR count). The summed E-state index contributed by atoms with van der Waals surface area (Å²) in [5.41, 5.74) is 0. The first-order valence-corrected chi connectivity index (χ1v) is 3.39. The fourth-order valence-electron chi connectivity index (χ4n) is 0.385. The molecule has 0 aromatic heterocycles. The normalized spacial score (nSPS) is 4.64. The van der Waals surface area contributed by atoms with Gasteiger partial charge in [0.05, 0.1) is 0 Å². The van der Waals surface area contributed by atoms with Crippen LogP contribution in [0.25, 0.3) is 0 Å². The standard InChI is InChI=1S/C6H6.C3H6.2CO.Mn/c1-2-4-6-5-3-1;1-3-2;2*1-2;/h1-6H;3H,1H2,2H3;;;. The van der Waals surface area contributed by atoms with Crippen LogP contribution in [0.5, 0.6) is 0 Å². The molecule has 1 aromatic carbocycles.